The van der Waals surface area contributed by atoms with Crippen molar-refractivity contribution in [1.29, 1.82) is 0 Å². The van der Waals surface area contributed by atoms with Crippen LogP contribution in [0.4, 0.5) is 0 Å². The first kappa shape index (κ1) is 18.9. The maximum absolute atomic E-state index is 12.1. The minimum absolute atomic E-state index is 0.101. The Morgan fingerprint density at radius 2 is 2.04 bits per heavy atom. The zero-order valence-electron chi connectivity index (χ0n) is 13.9. The topological polar surface area (TPSA) is 70.7 Å². The fraction of sp³-hybridized carbons (Fsp3) is 0.529. The molecule has 0 spiro atoms. The number of halogens is 2. The van der Waals surface area contributed by atoms with E-state index >= 15 is 0 Å². The van der Waals surface area contributed by atoms with E-state index in [0.717, 1.165) is 31.5 Å². The first-order chi connectivity index (χ1) is 11.5. The minimum atomic E-state index is -0.101. The monoisotopic (exact) mass is 370 g/mol. The van der Waals surface area contributed by atoms with Gasteiger partial charge in [0.1, 0.15) is 0 Å². The summed E-state index contributed by atoms with van der Waals surface area (Å²) in [6.07, 6.45) is 3.79. The van der Waals surface area contributed by atoms with Gasteiger partial charge in [0.2, 0.25) is 5.91 Å². The molecular formula is C17H24Cl2N4O. The average Bonchev–Trinajstić information content (AvgIpc) is 2.55. The number of rotatable bonds is 5. The van der Waals surface area contributed by atoms with Crippen LogP contribution >= 0.6 is 23.2 Å². The maximum Gasteiger partial charge on any atom is 0.224 e. The van der Waals surface area contributed by atoms with Crippen LogP contribution < -0.4 is 11.1 Å². The Kier molecular flexibility index (Phi) is 7.18. The number of benzene rings is 1. The van der Waals surface area contributed by atoms with Crippen LogP contribution in [0.25, 0.3) is 0 Å². The third-order valence-corrected chi connectivity index (χ3v) is 4.67. The number of nitrogens with one attached hydrogen (secondary N) is 1. The Bertz CT molecular complexity index is 600. The van der Waals surface area contributed by atoms with Crippen LogP contribution in [0, 0.1) is 0 Å². The Balaban J connectivity index is 1.81. The van der Waals surface area contributed by atoms with Gasteiger partial charge < -0.3 is 16.0 Å². The Labute approximate surface area is 153 Å². The predicted molar refractivity (Wildman–Crippen MR) is 99.6 cm³/mol. The molecule has 24 heavy (non-hydrogen) atoms. The molecule has 1 aromatic rings. The zero-order valence-corrected chi connectivity index (χ0v) is 15.4. The molecule has 1 heterocycles. The molecule has 0 bridgehead atoms. The lowest BCUT2D eigenvalue weighted by Crippen LogP contribution is -2.36. The van der Waals surface area contributed by atoms with Crippen LogP contribution in [0.2, 0.25) is 10.0 Å². The number of hydrogen-bond donors (Lipinski definition) is 2. The number of carbonyl (C=O) groups is 1. The van der Waals surface area contributed by atoms with E-state index in [1.807, 2.05) is 17.9 Å². The second-order valence-electron chi connectivity index (χ2n) is 5.99. The number of hydrogen-bond acceptors (Lipinski definition) is 2. The molecular weight excluding hydrogens is 347 g/mol. The molecule has 3 N–H and O–H groups in total. The van der Waals surface area contributed by atoms with E-state index in [1.165, 1.54) is 6.42 Å². The van der Waals surface area contributed by atoms with Gasteiger partial charge in [0.25, 0.3) is 0 Å². The molecule has 1 fully saturated rings. The highest BCUT2D eigenvalue weighted by atomic mass is 35.5. The highest BCUT2D eigenvalue weighted by Crippen LogP contribution is 2.25. The average molecular weight is 371 g/mol. The molecule has 1 amide bonds. The smallest absolute Gasteiger partial charge is 0.224 e. The van der Waals surface area contributed by atoms with Gasteiger partial charge in [-0.3, -0.25) is 9.79 Å². The van der Waals surface area contributed by atoms with Crippen molar-refractivity contribution in [2.24, 2.45) is 10.7 Å². The quantitative estimate of drug-likeness (QED) is 0.616. The number of aliphatic imine (C=N–C) groups is 1. The van der Waals surface area contributed by atoms with Crippen molar-refractivity contribution in [3.05, 3.63) is 33.8 Å². The van der Waals surface area contributed by atoms with Gasteiger partial charge in [-0.25, -0.2) is 0 Å². The standard InChI is InChI=1S/C17H24Cl2N4O/c1-12(14-6-5-13(18)11-15(14)19)22-17(20)21-8-7-16(24)23-9-3-2-4-10-23/h5-6,11-12H,2-4,7-10H2,1H3,(H3,20,21,22). The van der Waals surface area contributed by atoms with Crippen LogP contribution in [0.15, 0.2) is 23.2 Å². The van der Waals surface area contributed by atoms with Crippen LogP contribution in [-0.2, 0) is 4.79 Å². The molecule has 132 valence electrons. The summed E-state index contributed by atoms with van der Waals surface area (Å²) in [7, 11) is 0. The lowest BCUT2D eigenvalue weighted by molar-refractivity contribution is -0.131. The maximum atomic E-state index is 12.1. The molecule has 0 radical (unpaired) electrons. The van der Waals surface area contributed by atoms with Gasteiger partial charge in [-0.15, -0.1) is 0 Å². The van der Waals surface area contributed by atoms with Gasteiger partial charge >= 0.3 is 0 Å². The van der Waals surface area contributed by atoms with Crippen molar-refractivity contribution >= 4 is 35.1 Å². The SMILES string of the molecule is CC(NC(N)=NCCC(=O)N1CCCCC1)c1ccc(Cl)cc1Cl. The van der Waals surface area contributed by atoms with Crippen LogP contribution in [-0.4, -0.2) is 36.4 Å². The molecule has 0 aliphatic carbocycles. The molecule has 1 atom stereocenters. The molecule has 0 aromatic heterocycles. The lowest BCUT2D eigenvalue weighted by Gasteiger charge is -2.26. The van der Waals surface area contributed by atoms with Crippen molar-refractivity contribution in [2.45, 2.75) is 38.6 Å². The van der Waals surface area contributed by atoms with E-state index in [4.69, 9.17) is 28.9 Å². The summed E-state index contributed by atoms with van der Waals surface area (Å²) in [6, 6.07) is 5.23. The minimum Gasteiger partial charge on any atom is -0.370 e. The first-order valence-corrected chi connectivity index (χ1v) is 9.02. The van der Waals surface area contributed by atoms with E-state index in [2.05, 4.69) is 10.3 Å². The third-order valence-electron chi connectivity index (χ3n) is 4.11. The van der Waals surface area contributed by atoms with Gasteiger partial charge in [-0.1, -0.05) is 29.3 Å². The van der Waals surface area contributed by atoms with E-state index in [-0.39, 0.29) is 11.9 Å². The van der Waals surface area contributed by atoms with Crippen molar-refractivity contribution < 1.29 is 4.79 Å². The second kappa shape index (κ2) is 9.14. The van der Waals surface area contributed by atoms with Crippen molar-refractivity contribution in [1.82, 2.24) is 10.2 Å². The highest BCUT2D eigenvalue weighted by molar-refractivity contribution is 6.35. The van der Waals surface area contributed by atoms with Gasteiger partial charge in [-0.05, 0) is 43.9 Å². The Hall–Kier alpha value is -1.46. The van der Waals surface area contributed by atoms with Gasteiger partial charge in [0.05, 0.1) is 12.6 Å². The van der Waals surface area contributed by atoms with Gasteiger partial charge in [0, 0.05) is 29.6 Å². The van der Waals surface area contributed by atoms with E-state index in [0.29, 0.717) is 29.0 Å². The summed E-state index contributed by atoms with van der Waals surface area (Å²) in [4.78, 5) is 18.2. The number of nitrogens with zero attached hydrogens (tertiary/aromatic N) is 2. The summed E-state index contributed by atoms with van der Waals surface area (Å²) in [5.41, 5.74) is 6.79. The van der Waals surface area contributed by atoms with Crippen molar-refractivity contribution in [3.63, 3.8) is 0 Å². The molecule has 2 rings (SSSR count). The molecule has 1 unspecified atom stereocenters. The molecule has 1 aliphatic heterocycles. The Morgan fingerprint density at radius 1 is 1.33 bits per heavy atom. The molecule has 1 aliphatic rings. The van der Waals surface area contributed by atoms with E-state index in [9.17, 15) is 4.79 Å². The normalized spacial score (nSPS) is 16.8. The van der Waals surface area contributed by atoms with Crippen LogP contribution in [0.3, 0.4) is 0 Å². The molecule has 5 nitrogen and oxygen atoms in total. The third kappa shape index (κ3) is 5.56. The number of amides is 1. The predicted octanol–water partition coefficient (Wildman–Crippen LogP) is 3.36. The zero-order chi connectivity index (χ0) is 17.5. The summed E-state index contributed by atoms with van der Waals surface area (Å²) < 4.78 is 0. The fourth-order valence-electron chi connectivity index (χ4n) is 2.77. The molecule has 1 aromatic carbocycles. The number of likely N-dealkylation sites (tertiary alicyclic amines) is 1. The number of nitrogens with two attached hydrogens (primary N) is 1. The molecule has 1 saturated heterocycles. The Morgan fingerprint density at radius 3 is 2.71 bits per heavy atom. The van der Waals surface area contributed by atoms with Gasteiger partial charge in [0.15, 0.2) is 5.96 Å². The van der Waals surface area contributed by atoms with Crippen LogP contribution in [0.5, 0.6) is 0 Å². The molecule has 0 saturated carbocycles. The first-order valence-electron chi connectivity index (χ1n) is 8.26. The van der Waals surface area contributed by atoms with Crippen molar-refractivity contribution in [2.75, 3.05) is 19.6 Å². The van der Waals surface area contributed by atoms with Crippen LogP contribution in [0.1, 0.15) is 44.2 Å². The summed E-state index contributed by atoms with van der Waals surface area (Å²) in [5.74, 6) is 0.458. The van der Waals surface area contributed by atoms with Crippen molar-refractivity contribution in [3.8, 4) is 0 Å². The largest absolute Gasteiger partial charge is 0.370 e. The second-order valence-corrected chi connectivity index (χ2v) is 6.83. The summed E-state index contributed by atoms with van der Waals surface area (Å²) in [5, 5.41) is 4.26. The number of piperidine rings is 1. The summed E-state index contributed by atoms with van der Waals surface area (Å²) >= 11 is 12.1. The summed E-state index contributed by atoms with van der Waals surface area (Å²) in [6.45, 7) is 4.05. The lowest BCUT2D eigenvalue weighted by atomic mass is 10.1. The number of carbonyl (C=O) groups excluding carboxylic acids is 1. The van der Waals surface area contributed by atoms with Gasteiger partial charge in [-0.2, -0.15) is 0 Å². The highest BCUT2D eigenvalue weighted by Gasteiger charge is 2.16. The number of guanidine groups is 1. The molecule has 7 heteroatoms. The fourth-order valence-corrected chi connectivity index (χ4v) is 3.34. The van der Waals surface area contributed by atoms with E-state index < -0.39 is 0 Å². The van der Waals surface area contributed by atoms with E-state index in [1.54, 1.807) is 12.1 Å².